The van der Waals surface area contributed by atoms with Crippen molar-refractivity contribution in [1.29, 1.82) is 0 Å². The molecule has 0 heterocycles. The Morgan fingerprint density at radius 3 is 2.05 bits per heavy atom. The molecule has 102 valence electrons. The summed E-state index contributed by atoms with van der Waals surface area (Å²) in [5, 5.41) is 0. The van der Waals surface area contributed by atoms with Gasteiger partial charge in [-0.1, -0.05) is 42.5 Å². The van der Waals surface area contributed by atoms with Gasteiger partial charge in [0.2, 0.25) is 0 Å². The maximum Gasteiger partial charge on any atom is 0.193 e. The van der Waals surface area contributed by atoms with Crippen LogP contribution in [0.1, 0.15) is 15.9 Å². The third-order valence-corrected chi connectivity index (χ3v) is 2.90. The topological polar surface area (TPSA) is 35.5 Å². The molecular weight excluding hydrogens is 252 g/mol. The smallest absolute Gasteiger partial charge is 0.193 e. The molecule has 0 saturated heterocycles. The van der Waals surface area contributed by atoms with Gasteiger partial charge in [0.05, 0.1) is 14.2 Å². The Kier molecular flexibility index (Phi) is 4.56. The number of methoxy groups -OCH3 is 2. The molecule has 0 aliphatic carbocycles. The summed E-state index contributed by atoms with van der Waals surface area (Å²) in [5.74, 6) is 0.863. The number of hydrogen-bond acceptors (Lipinski definition) is 3. The van der Waals surface area contributed by atoms with Crippen molar-refractivity contribution in [3.05, 3.63) is 65.7 Å². The maximum absolute atomic E-state index is 12.3. The number of carbonyl (C=O) groups excluding carboxylic acids is 1. The number of rotatable bonds is 5. The van der Waals surface area contributed by atoms with Crippen molar-refractivity contribution in [3.63, 3.8) is 0 Å². The Morgan fingerprint density at radius 2 is 1.50 bits per heavy atom. The summed E-state index contributed by atoms with van der Waals surface area (Å²) in [7, 11) is 3.07. The minimum Gasteiger partial charge on any atom is -0.496 e. The van der Waals surface area contributed by atoms with Crippen molar-refractivity contribution in [2.24, 2.45) is 0 Å². The van der Waals surface area contributed by atoms with Crippen molar-refractivity contribution >= 4 is 11.9 Å². The summed E-state index contributed by atoms with van der Waals surface area (Å²) in [6.45, 7) is 0. The summed E-state index contributed by atoms with van der Waals surface area (Å²) in [6.07, 6.45) is 3.30. The molecule has 0 aliphatic rings. The van der Waals surface area contributed by atoms with Crippen LogP contribution in [0.4, 0.5) is 0 Å². The van der Waals surface area contributed by atoms with E-state index in [1.807, 2.05) is 30.3 Å². The molecule has 0 N–H and O–H groups in total. The highest BCUT2D eigenvalue weighted by Crippen LogP contribution is 2.29. The zero-order valence-corrected chi connectivity index (χ0v) is 11.5. The van der Waals surface area contributed by atoms with Gasteiger partial charge in [-0.15, -0.1) is 0 Å². The van der Waals surface area contributed by atoms with Crippen LogP contribution < -0.4 is 9.47 Å². The minimum absolute atomic E-state index is 0.150. The fraction of sp³-hybridized carbons (Fsp3) is 0.118. The van der Waals surface area contributed by atoms with E-state index in [1.165, 1.54) is 20.3 Å². The lowest BCUT2D eigenvalue weighted by molar-refractivity contribution is 0.104. The van der Waals surface area contributed by atoms with Crippen molar-refractivity contribution in [3.8, 4) is 11.5 Å². The van der Waals surface area contributed by atoms with Gasteiger partial charge in [-0.05, 0) is 23.8 Å². The Balaban J connectivity index is 2.32. The SMILES string of the molecule is COc1cccc(OC)c1C(=O)/C=C/c1ccccc1. The van der Waals surface area contributed by atoms with Crippen molar-refractivity contribution in [2.45, 2.75) is 0 Å². The largest absolute Gasteiger partial charge is 0.496 e. The van der Waals surface area contributed by atoms with Crippen molar-refractivity contribution < 1.29 is 14.3 Å². The monoisotopic (exact) mass is 268 g/mol. The van der Waals surface area contributed by atoms with Crippen LogP contribution in [0.2, 0.25) is 0 Å². The van der Waals surface area contributed by atoms with E-state index in [2.05, 4.69) is 0 Å². The van der Waals surface area contributed by atoms with Crippen LogP contribution in [-0.4, -0.2) is 20.0 Å². The molecule has 0 saturated carbocycles. The van der Waals surface area contributed by atoms with E-state index in [1.54, 1.807) is 24.3 Å². The van der Waals surface area contributed by atoms with Gasteiger partial charge in [0.1, 0.15) is 17.1 Å². The van der Waals surface area contributed by atoms with Gasteiger partial charge in [0, 0.05) is 0 Å². The van der Waals surface area contributed by atoms with Gasteiger partial charge >= 0.3 is 0 Å². The predicted molar refractivity (Wildman–Crippen MR) is 79.4 cm³/mol. The van der Waals surface area contributed by atoms with Crippen LogP contribution >= 0.6 is 0 Å². The highest BCUT2D eigenvalue weighted by atomic mass is 16.5. The average molecular weight is 268 g/mol. The second-order valence-electron chi connectivity index (χ2n) is 4.15. The fourth-order valence-electron chi connectivity index (χ4n) is 1.91. The Bertz CT molecular complexity index is 593. The van der Waals surface area contributed by atoms with E-state index in [4.69, 9.17) is 9.47 Å². The van der Waals surface area contributed by atoms with Crippen LogP contribution in [-0.2, 0) is 0 Å². The molecule has 0 unspecified atom stereocenters. The molecular formula is C17H16O3. The third kappa shape index (κ3) is 3.06. The number of carbonyl (C=O) groups is 1. The predicted octanol–water partition coefficient (Wildman–Crippen LogP) is 3.60. The molecule has 0 fully saturated rings. The third-order valence-electron chi connectivity index (χ3n) is 2.90. The molecule has 0 radical (unpaired) electrons. The molecule has 0 spiro atoms. The van der Waals surface area contributed by atoms with Gasteiger partial charge in [-0.3, -0.25) is 4.79 Å². The Morgan fingerprint density at radius 1 is 0.900 bits per heavy atom. The summed E-state index contributed by atoms with van der Waals surface area (Å²) in [4.78, 5) is 12.3. The van der Waals surface area contributed by atoms with Crippen molar-refractivity contribution in [1.82, 2.24) is 0 Å². The molecule has 2 aromatic carbocycles. The molecule has 3 nitrogen and oxygen atoms in total. The van der Waals surface area contributed by atoms with Gasteiger partial charge in [-0.2, -0.15) is 0 Å². The minimum atomic E-state index is -0.150. The second kappa shape index (κ2) is 6.57. The van der Waals surface area contributed by atoms with Crippen LogP contribution in [0.5, 0.6) is 11.5 Å². The summed E-state index contributed by atoms with van der Waals surface area (Å²) >= 11 is 0. The number of allylic oxidation sites excluding steroid dienone is 1. The lowest BCUT2D eigenvalue weighted by atomic mass is 10.1. The first-order chi connectivity index (χ1) is 9.76. The Hall–Kier alpha value is -2.55. The first kappa shape index (κ1) is 13.9. The summed E-state index contributed by atoms with van der Waals surface area (Å²) in [6, 6.07) is 14.9. The van der Waals surface area contributed by atoms with E-state index < -0.39 is 0 Å². The average Bonchev–Trinajstić information content (AvgIpc) is 2.52. The summed E-state index contributed by atoms with van der Waals surface area (Å²) < 4.78 is 10.5. The van der Waals surface area contributed by atoms with Crippen LogP contribution in [0, 0.1) is 0 Å². The quantitative estimate of drug-likeness (QED) is 0.614. The number of ether oxygens (including phenoxy) is 2. The molecule has 20 heavy (non-hydrogen) atoms. The second-order valence-corrected chi connectivity index (χ2v) is 4.15. The van der Waals surface area contributed by atoms with Gasteiger partial charge in [-0.25, -0.2) is 0 Å². The van der Waals surface area contributed by atoms with Crippen molar-refractivity contribution in [2.75, 3.05) is 14.2 Å². The number of ketones is 1. The molecule has 0 aromatic heterocycles. The normalized spacial score (nSPS) is 10.5. The molecule has 0 bridgehead atoms. The van der Waals surface area contributed by atoms with Crippen LogP contribution in [0.3, 0.4) is 0 Å². The van der Waals surface area contributed by atoms with E-state index >= 15 is 0 Å². The lowest BCUT2D eigenvalue weighted by Crippen LogP contribution is -2.02. The first-order valence-electron chi connectivity index (χ1n) is 6.24. The standard InChI is InChI=1S/C17H16O3/c1-19-15-9-6-10-16(20-2)17(15)14(18)12-11-13-7-4-3-5-8-13/h3-12H,1-2H3/b12-11+. The summed E-state index contributed by atoms with van der Waals surface area (Å²) in [5.41, 5.74) is 1.40. The van der Waals surface area contributed by atoms with Crippen LogP contribution in [0.25, 0.3) is 6.08 Å². The number of benzene rings is 2. The van der Waals surface area contributed by atoms with E-state index in [0.29, 0.717) is 17.1 Å². The lowest BCUT2D eigenvalue weighted by Gasteiger charge is -2.10. The molecule has 0 amide bonds. The molecule has 2 aromatic rings. The van der Waals surface area contributed by atoms with E-state index in [0.717, 1.165) is 5.56 Å². The zero-order valence-electron chi connectivity index (χ0n) is 11.5. The molecule has 2 rings (SSSR count). The molecule has 0 aliphatic heterocycles. The Labute approximate surface area is 118 Å². The highest BCUT2D eigenvalue weighted by molar-refractivity contribution is 6.10. The number of hydrogen-bond donors (Lipinski definition) is 0. The fourth-order valence-corrected chi connectivity index (χ4v) is 1.91. The molecule has 0 atom stereocenters. The zero-order chi connectivity index (χ0) is 14.4. The van der Waals surface area contributed by atoms with Gasteiger partial charge < -0.3 is 9.47 Å². The van der Waals surface area contributed by atoms with Gasteiger partial charge in [0.15, 0.2) is 5.78 Å². The van der Waals surface area contributed by atoms with E-state index in [9.17, 15) is 4.79 Å². The maximum atomic E-state index is 12.3. The first-order valence-corrected chi connectivity index (χ1v) is 6.24. The van der Waals surface area contributed by atoms with Gasteiger partial charge in [0.25, 0.3) is 0 Å². The highest BCUT2D eigenvalue weighted by Gasteiger charge is 2.15. The molecule has 3 heteroatoms. The van der Waals surface area contributed by atoms with E-state index in [-0.39, 0.29) is 5.78 Å². The van der Waals surface area contributed by atoms with Crippen LogP contribution in [0.15, 0.2) is 54.6 Å².